The highest BCUT2D eigenvalue weighted by atomic mass is 32.1. The third-order valence-corrected chi connectivity index (χ3v) is 6.05. The summed E-state index contributed by atoms with van der Waals surface area (Å²) >= 11 is 1.59. The summed E-state index contributed by atoms with van der Waals surface area (Å²) in [7, 11) is 1.71. The molecule has 1 aliphatic rings. The van der Waals surface area contributed by atoms with Crippen LogP contribution in [0.2, 0.25) is 0 Å². The molecule has 4 aromatic rings. The molecule has 30 heavy (non-hydrogen) atoms. The van der Waals surface area contributed by atoms with Crippen LogP contribution in [0.25, 0.3) is 21.3 Å². The number of carbonyl (C=O) groups is 1. The van der Waals surface area contributed by atoms with Gasteiger partial charge in [0.05, 0.1) is 29.6 Å². The van der Waals surface area contributed by atoms with E-state index in [0.29, 0.717) is 29.9 Å². The number of morpholine rings is 1. The van der Waals surface area contributed by atoms with Gasteiger partial charge in [0, 0.05) is 25.8 Å². The largest absolute Gasteiger partial charge is 0.378 e. The summed E-state index contributed by atoms with van der Waals surface area (Å²) < 4.78 is 9.19. The van der Waals surface area contributed by atoms with E-state index in [1.54, 1.807) is 18.4 Å². The Morgan fingerprint density at radius 3 is 2.97 bits per heavy atom. The van der Waals surface area contributed by atoms with Gasteiger partial charge in [-0.2, -0.15) is 5.10 Å². The zero-order chi connectivity index (χ0) is 20.7. The molecule has 0 bridgehead atoms. The van der Waals surface area contributed by atoms with Crippen molar-refractivity contribution in [3.05, 3.63) is 41.1 Å². The van der Waals surface area contributed by atoms with Crippen molar-refractivity contribution >= 4 is 49.3 Å². The molecular weight excluding hydrogens is 406 g/mol. The van der Waals surface area contributed by atoms with E-state index in [1.165, 1.54) is 21.8 Å². The molecule has 1 saturated heterocycles. The number of thiazole rings is 1. The Hall–Kier alpha value is -3.31. The quantitative estimate of drug-likeness (QED) is 0.524. The van der Waals surface area contributed by atoms with E-state index in [-0.39, 0.29) is 18.0 Å². The third kappa shape index (κ3) is 3.42. The van der Waals surface area contributed by atoms with Crippen molar-refractivity contribution in [3.63, 3.8) is 0 Å². The van der Waals surface area contributed by atoms with Crippen LogP contribution in [0.15, 0.2) is 35.5 Å². The SMILES string of the molecule is Cn1ncc2c(=O)n(CC(=O)Nc3ccc4nc(N5CCOCC5)sc4c3)cnc21. The Kier molecular flexibility index (Phi) is 4.68. The van der Waals surface area contributed by atoms with Gasteiger partial charge in [-0.25, -0.2) is 9.97 Å². The maximum absolute atomic E-state index is 12.5. The van der Waals surface area contributed by atoms with Crippen LogP contribution >= 0.6 is 11.3 Å². The Balaban J connectivity index is 1.33. The summed E-state index contributed by atoms with van der Waals surface area (Å²) in [6.07, 6.45) is 2.83. The second-order valence-electron chi connectivity index (χ2n) is 7.01. The average Bonchev–Trinajstić information content (AvgIpc) is 3.34. The van der Waals surface area contributed by atoms with Crippen molar-refractivity contribution in [2.45, 2.75) is 6.54 Å². The van der Waals surface area contributed by atoms with Crippen molar-refractivity contribution < 1.29 is 9.53 Å². The first-order chi connectivity index (χ1) is 14.6. The molecule has 3 aromatic heterocycles. The fraction of sp³-hybridized carbons (Fsp3) is 0.316. The lowest BCUT2D eigenvalue weighted by Crippen LogP contribution is -2.36. The van der Waals surface area contributed by atoms with Gasteiger partial charge in [-0.15, -0.1) is 0 Å². The van der Waals surface area contributed by atoms with E-state index in [4.69, 9.17) is 4.74 Å². The molecule has 10 nitrogen and oxygen atoms in total. The van der Waals surface area contributed by atoms with E-state index in [9.17, 15) is 9.59 Å². The summed E-state index contributed by atoms with van der Waals surface area (Å²) in [6.45, 7) is 2.93. The second-order valence-corrected chi connectivity index (χ2v) is 8.02. The number of aryl methyl sites for hydroxylation is 1. The molecule has 1 N–H and O–H groups in total. The Morgan fingerprint density at radius 2 is 2.13 bits per heavy atom. The minimum atomic E-state index is -0.306. The molecular formula is C19H19N7O3S. The number of anilines is 2. The molecule has 1 aliphatic heterocycles. The lowest BCUT2D eigenvalue weighted by molar-refractivity contribution is -0.116. The number of hydrogen-bond acceptors (Lipinski definition) is 8. The van der Waals surface area contributed by atoms with Crippen LogP contribution in [0.1, 0.15) is 0 Å². The van der Waals surface area contributed by atoms with E-state index >= 15 is 0 Å². The van der Waals surface area contributed by atoms with Gasteiger partial charge in [-0.05, 0) is 18.2 Å². The molecule has 0 aliphatic carbocycles. The zero-order valence-corrected chi connectivity index (χ0v) is 17.1. The third-order valence-electron chi connectivity index (χ3n) is 4.97. The summed E-state index contributed by atoms with van der Waals surface area (Å²) in [5, 5.41) is 8.23. The highest BCUT2D eigenvalue weighted by Crippen LogP contribution is 2.31. The molecule has 0 radical (unpaired) electrons. The predicted molar refractivity (Wildman–Crippen MR) is 114 cm³/mol. The van der Waals surface area contributed by atoms with Crippen molar-refractivity contribution in [3.8, 4) is 0 Å². The molecule has 0 saturated carbocycles. The molecule has 0 spiro atoms. The number of rotatable bonds is 4. The van der Waals surface area contributed by atoms with Gasteiger partial charge in [-0.3, -0.25) is 18.8 Å². The number of benzene rings is 1. The molecule has 0 atom stereocenters. The van der Waals surface area contributed by atoms with Gasteiger partial charge in [0.1, 0.15) is 18.3 Å². The van der Waals surface area contributed by atoms with Crippen molar-refractivity contribution in [2.75, 3.05) is 36.5 Å². The first-order valence-electron chi connectivity index (χ1n) is 9.49. The van der Waals surface area contributed by atoms with Crippen LogP contribution in [-0.4, -0.2) is 56.5 Å². The topological polar surface area (TPSA) is 107 Å². The van der Waals surface area contributed by atoms with Gasteiger partial charge in [-0.1, -0.05) is 11.3 Å². The van der Waals surface area contributed by atoms with Crippen LogP contribution in [0.5, 0.6) is 0 Å². The van der Waals surface area contributed by atoms with Crippen molar-refractivity contribution in [1.82, 2.24) is 24.3 Å². The van der Waals surface area contributed by atoms with Gasteiger partial charge in [0.15, 0.2) is 10.8 Å². The summed E-state index contributed by atoms with van der Waals surface area (Å²) in [4.78, 5) is 36.1. The average molecular weight is 425 g/mol. The standard InChI is InChI=1S/C19H19N7O3S/c1-24-17-13(9-21-24)18(28)26(11-20-17)10-16(27)22-12-2-3-14-15(8-12)30-19(23-14)25-4-6-29-7-5-25/h2-3,8-9,11H,4-7,10H2,1H3,(H,22,27). The number of fused-ring (bicyclic) bond motifs is 2. The molecule has 11 heteroatoms. The number of ether oxygens (including phenoxy) is 1. The Bertz CT molecular complexity index is 1300. The summed E-state index contributed by atoms with van der Waals surface area (Å²) in [5.74, 6) is -0.306. The lowest BCUT2D eigenvalue weighted by Gasteiger charge is -2.25. The highest BCUT2D eigenvalue weighted by Gasteiger charge is 2.16. The van der Waals surface area contributed by atoms with Crippen molar-refractivity contribution in [1.29, 1.82) is 0 Å². The van der Waals surface area contributed by atoms with Gasteiger partial charge in [0.2, 0.25) is 5.91 Å². The Labute approximate surface area is 174 Å². The van der Waals surface area contributed by atoms with Gasteiger partial charge in [0.25, 0.3) is 5.56 Å². The number of nitrogens with one attached hydrogen (secondary N) is 1. The first-order valence-corrected chi connectivity index (χ1v) is 10.3. The lowest BCUT2D eigenvalue weighted by atomic mass is 10.3. The van der Waals surface area contributed by atoms with Gasteiger partial charge < -0.3 is 15.0 Å². The number of carbonyl (C=O) groups excluding carboxylic acids is 1. The number of nitrogens with zero attached hydrogens (tertiary/aromatic N) is 6. The normalized spacial score (nSPS) is 14.5. The van der Waals surface area contributed by atoms with Crippen LogP contribution < -0.4 is 15.8 Å². The van der Waals surface area contributed by atoms with Crippen LogP contribution in [-0.2, 0) is 23.1 Å². The highest BCUT2D eigenvalue weighted by molar-refractivity contribution is 7.22. The van der Waals surface area contributed by atoms with E-state index in [0.717, 1.165) is 28.4 Å². The molecule has 4 heterocycles. The molecule has 1 amide bonds. The summed E-state index contributed by atoms with van der Waals surface area (Å²) in [6, 6.07) is 5.61. The minimum Gasteiger partial charge on any atom is -0.378 e. The van der Waals surface area contributed by atoms with Crippen LogP contribution in [0, 0.1) is 0 Å². The molecule has 1 fully saturated rings. The van der Waals surface area contributed by atoms with Crippen LogP contribution in [0.3, 0.4) is 0 Å². The first kappa shape index (κ1) is 18.7. The number of hydrogen-bond donors (Lipinski definition) is 1. The fourth-order valence-corrected chi connectivity index (χ4v) is 4.47. The maximum Gasteiger partial charge on any atom is 0.264 e. The molecule has 0 unspecified atom stereocenters. The van der Waals surface area contributed by atoms with Crippen LogP contribution in [0.4, 0.5) is 10.8 Å². The van der Waals surface area contributed by atoms with Gasteiger partial charge >= 0.3 is 0 Å². The number of amides is 1. The van der Waals surface area contributed by atoms with E-state index in [1.807, 2.05) is 18.2 Å². The summed E-state index contributed by atoms with van der Waals surface area (Å²) in [5.41, 5.74) is 1.75. The minimum absolute atomic E-state index is 0.129. The molecule has 154 valence electrons. The fourth-order valence-electron chi connectivity index (χ4n) is 3.41. The number of aromatic nitrogens is 5. The monoisotopic (exact) mass is 425 g/mol. The molecule has 1 aromatic carbocycles. The smallest absolute Gasteiger partial charge is 0.264 e. The second kappa shape index (κ2) is 7.50. The maximum atomic E-state index is 12.5. The van der Waals surface area contributed by atoms with E-state index < -0.39 is 0 Å². The predicted octanol–water partition coefficient (Wildman–Crippen LogP) is 1.21. The molecule has 5 rings (SSSR count). The van der Waals surface area contributed by atoms with E-state index in [2.05, 4.69) is 25.3 Å². The Morgan fingerprint density at radius 1 is 1.30 bits per heavy atom. The zero-order valence-electron chi connectivity index (χ0n) is 16.2. The van der Waals surface area contributed by atoms with Crippen molar-refractivity contribution in [2.24, 2.45) is 7.05 Å².